The molecule has 0 spiro atoms. The predicted molar refractivity (Wildman–Crippen MR) is 73.2 cm³/mol. The monoisotopic (exact) mass is 268 g/mol. The minimum absolute atomic E-state index is 0.104. The Kier molecular flexibility index (Phi) is 3.40. The van der Waals surface area contributed by atoms with Crippen molar-refractivity contribution in [2.75, 3.05) is 0 Å². The molecule has 0 saturated heterocycles. The van der Waals surface area contributed by atoms with Gasteiger partial charge in [0.25, 0.3) is 5.56 Å². The first-order valence-electron chi connectivity index (χ1n) is 5.92. The van der Waals surface area contributed by atoms with Gasteiger partial charge in [-0.1, -0.05) is 6.07 Å². The number of benzene rings is 1. The second kappa shape index (κ2) is 5.02. The minimum Gasteiger partial charge on any atom is -0.478 e. The molecule has 0 saturated carbocycles. The van der Waals surface area contributed by atoms with E-state index in [0.29, 0.717) is 22.5 Å². The summed E-state index contributed by atoms with van der Waals surface area (Å²) in [5.41, 5.74) is 1.44. The fourth-order valence-corrected chi connectivity index (χ4v) is 2.24. The van der Waals surface area contributed by atoms with Gasteiger partial charge in [0.1, 0.15) is 0 Å². The second-order valence-corrected chi connectivity index (χ2v) is 4.43. The third kappa shape index (κ3) is 2.19. The van der Waals surface area contributed by atoms with Crippen LogP contribution in [0, 0.1) is 25.2 Å². The van der Waals surface area contributed by atoms with Crippen LogP contribution >= 0.6 is 0 Å². The van der Waals surface area contributed by atoms with Gasteiger partial charge in [0.15, 0.2) is 0 Å². The molecule has 1 aromatic carbocycles. The normalized spacial score (nSPS) is 10.1. The Labute approximate surface area is 115 Å². The van der Waals surface area contributed by atoms with Crippen LogP contribution < -0.4 is 5.56 Å². The summed E-state index contributed by atoms with van der Waals surface area (Å²) in [6, 6.07) is 9.77. The molecule has 0 amide bonds. The molecule has 100 valence electrons. The first-order chi connectivity index (χ1) is 9.45. The van der Waals surface area contributed by atoms with Crippen molar-refractivity contribution in [3.63, 3.8) is 0 Å². The van der Waals surface area contributed by atoms with Crippen LogP contribution in [0.2, 0.25) is 0 Å². The lowest BCUT2D eigenvalue weighted by Gasteiger charge is -2.14. The van der Waals surface area contributed by atoms with E-state index < -0.39 is 5.97 Å². The summed E-state index contributed by atoms with van der Waals surface area (Å²) in [5.74, 6) is -1.08. The molecular weight excluding hydrogens is 256 g/mol. The zero-order chi connectivity index (χ0) is 14.9. The Balaban J connectivity index is 2.81. The average Bonchev–Trinajstić information content (AvgIpc) is 2.37. The molecule has 0 atom stereocenters. The van der Waals surface area contributed by atoms with Crippen molar-refractivity contribution in [2.24, 2.45) is 0 Å². The number of rotatable bonds is 2. The topological polar surface area (TPSA) is 83.1 Å². The number of aryl methyl sites for hydroxylation is 1. The highest BCUT2D eigenvalue weighted by Crippen LogP contribution is 2.16. The van der Waals surface area contributed by atoms with Gasteiger partial charge in [-0.25, -0.2) is 4.79 Å². The zero-order valence-electron chi connectivity index (χ0n) is 11.0. The number of carbonyl (C=O) groups is 1. The van der Waals surface area contributed by atoms with E-state index in [1.54, 1.807) is 38.1 Å². The number of carboxylic acid groups (broad SMARTS) is 1. The van der Waals surface area contributed by atoms with Crippen molar-refractivity contribution in [3.8, 4) is 11.8 Å². The molecule has 1 aromatic heterocycles. The third-order valence-electron chi connectivity index (χ3n) is 3.10. The van der Waals surface area contributed by atoms with Crippen LogP contribution in [0.15, 0.2) is 35.1 Å². The van der Waals surface area contributed by atoms with E-state index in [2.05, 4.69) is 0 Å². The van der Waals surface area contributed by atoms with Crippen LogP contribution in [0.5, 0.6) is 0 Å². The number of pyridine rings is 1. The van der Waals surface area contributed by atoms with Gasteiger partial charge in [0, 0.05) is 11.8 Å². The van der Waals surface area contributed by atoms with Crippen molar-refractivity contribution < 1.29 is 9.90 Å². The second-order valence-electron chi connectivity index (χ2n) is 4.43. The maximum absolute atomic E-state index is 12.1. The molecule has 2 aromatic rings. The predicted octanol–water partition coefficient (Wildman–Crippen LogP) is 2.02. The molecule has 5 heteroatoms. The SMILES string of the molecule is Cc1cc(=O)n(-c2cccc(C#N)c2)c(C)c1C(=O)O. The molecule has 20 heavy (non-hydrogen) atoms. The largest absolute Gasteiger partial charge is 0.478 e. The summed E-state index contributed by atoms with van der Waals surface area (Å²) in [6.45, 7) is 3.17. The maximum atomic E-state index is 12.1. The van der Waals surface area contributed by atoms with E-state index in [-0.39, 0.29) is 11.1 Å². The lowest BCUT2D eigenvalue weighted by Crippen LogP contribution is -2.24. The Morgan fingerprint density at radius 2 is 2.00 bits per heavy atom. The summed E-state index contributed by atoms with van der Waals surface area (Å²) in [6.07, 6.45) is 0. The Morgan fingerprint density at radius 1 is 1.30 bits per heavy atom. The number of nitrogens with zero attached hydrogens (tertiary/aromatic N) is 2. The number of hydrogen-bond donors (Lipinski definition) is 1. The fraction of sp³-hybridized carbons (Fsp3) is 0.133. The number of nitriles is 1. The minimum atomic E-state index is -1.08. The molecule has 1 N–H and O–H groups in total. The molecule has 1 heterocycles. The van der Waals surface area contributed by atoms with E-state index in [4.69, 9.17) is 5.26 Å². The van der Waals surface area contributed by atoms with Crippen molar-refractivity contribution in [1.29, 1.82) is 5.26 Å². The van der Waals surface area contributed by atoms with Crippen LogP contribution in [-0.4, -0.2) is 15.6 Å². The Hall–Kier alpha value is -2.87. The zero-order valence-corrected chi connectivity index (χ0v) is 11.0. The van der Waals surface area contributed by atoms with Crippen molar-refractivity contribution >= 4 is 5.97 Å². The van der Waals surface area contributed by atoms with Crippen LogP contribution in [0.1, 0.15) is 27.2 Å². The molecule has 0 radical (unpaired) electrons. The van der Waals surface area contributed by atoms with Gasteiger partial charge in [-0.2, -0.15) is 5.26 Å². The first-order valence-corrected chi connectivity index (χ1v) is 5.92. The Bertz CT molecular complexity index is 798. The van der Waals surface area contributed by atoms with Gasteiger partial charge in [-0.05, 0) is 37.6 Å². The van der Waals surface area contributed by atoms with E-state index in [0.717, 1.165) is 0 Å². The maximum Gasteiger partial charge on any atom is 0.337 e. The third-order valence-corrected chi connectivity index (χ3v) is 3.10. The van der Waals surface area contributed by atoms with Crippen molar-refractivity contribution in [1.82, 2.24) is 4.57 Å². The van der Waals surface area contributed by atoms with E-state index in [9.17, 15) is 14.7 Å². The number of aromatic carboxylic acids is 1. The number of hydrogen-bond acceptors (Lipinski definition) is 3. The molecular formula is C15H12N2O3. The fourth-order valence-electron chi connectivity index (χ4n) is 2.24. The van der Waals surface area contributed by atoms with Gasteiger partial charge in [-0.3, -0.25) is 9.36 Å². The highest BCUT2D eigenvalue weighted by molar-refractivity contribution is 5.90. The molecule has 5 nitrogen and oxygen atoms in total. The molecule has 0 aliphatic heterocycles. The molecule has 0 bridgehead atoms. The van der Waals surface area contributed by atoms with Gasteiger partial charge in [0.2, 0.25) is 0 Å². The van der Waals surface area contributed by atoms with E-state index >= 15 is 0 Å². The average molecular weight is 268 g/mol. The highest BCUT2D eigenvalue weighted by atomic mass is 16.4. The van der Waals surface area contributed by atoms with Crippen LogP contribution in [-0.2, 0) is 0 Å². The lowest BCUT2D eigenvalue weighted by atomic mass is 10.1. The summed E-state index contributed by atoms with van der Waals surface area (Å²) >= 11 is 0. The van der Waals surface area contributed by atoms with Crippen LogP contribution in [0.4, 0.5) is 0 Å². The molecule has 0 fully saturated rings. The smallest absolute Gasteiger partial charge is 0.337 e. The lowest BCUT2D eigenvalue weighted by molar-refractivity contribution is 0.0694. The number of carboxylic acids is 1. The standard InChI is InChI=1S/C15H12N2O3/c1-9-6-13(18)17(10(2)14(9)15(19)20)12-5-3-4-11(7-12)8-16/h3-7H,1-2H3,(H,19,20). The van der Waals surface area contributed by atoms with Crippen molar-refractivity contribution in [3.05, 3.63) is 63.1 Å². The molecule has 0 aliphatic rings. The summed E-state index contributed by atoms with van der Waals surface area (Å²) in [4.78, 5) is 23.4. The van der Waals surface area contributed by atoms with Crippen LogP contribution in [0.3, 0.4) is 0 Å². The van der Waals surface area contributed by atoms with Gasteiger partial charge in [0.05, 0.1) is 22.9 Å². The highest BCUT2D eigenvalue weighted by Gasteiger charge is 2.16. The van der Waals surface area contributed by atoms with Crippen LogP contribution in [0.25, 0.3) is 5.69 Å². The van der Waals surface area contributed by atoms with Gasteiger partial charge < -0.3 is 5.11 Å². The van der Waals surface area contributed by atoms with Gasteiger partial charge in [-0.15, -0.1) is 0 Å². The van der Waals surface area contributed by atoms with E-state index in [1.165, 1.54) is 10.6 Å². The molecule has 2 rings (SSSR count). The Morgan fingerprint density at radius 3 is 2.60 bits per heavy atom. The van der Waals surface area contributed by atoms with E-state index in [1.807, 2.05) is 6.07 Å². The number of aromatic nitrogens is 1. The quantitative estimate of drug-likeness (QED) is 0.903. The van der Waals surface area contributed by atoms with Gasteiger partial charge >= 0.3 is 5.97 Å². The first kappa shape index (κ1) is 13.6. The summed E-state index contributed by atoms with van der Waals surface area (Å²) in [7, 11) is 0. The molecule has 0 aliphatic carbocycles. The summed E-state index contributed by atoms with van der Waals surface area (Å²) in [5, 5.41) is 18.1. The summed E-state index contributed by atoms with van der Waals surface area (Å²) < 4.78 is 1.30. The molecule has 0 unspecified atom stereocenters. The van der Waals surface area contributed by atoms with Crippen molar-refractivity contribution in [2.45, 2.75) is 13.8 Å².